The number of benzene rings is 2. The van der Waals surface area contributed by atoms with Crippen molar-refractivity contribution in [3.8, 4) is 0 Å². The van der Waals surface area contributed by atoms with E-state index in [1.54, 1.807) is 12.1 Å². The first-order chi connectivity index (χ1) is 12.5. The Balaban J connectivity index is 1.90. The quantitative estimate of drug-likeness (QED) is 0.697. The Morgan fingerprint density at radius 1 is 1.23 bits per heavy atom. The van der Waals surface area contributed by atoms with Crippen LogP contribution in [-0.4, -0.2) is 18.9 Å². The van der Waals surface area contributed by atoms with E-state index < -0.39 is 0 Å². The van der Waals surface area contributed by atoms with E-state index >= 15 is 0 Å². The SMILES string of the molecule is CC(=O)c1oc2c(C3CCNC3)cc(F)cc2c1Cc1cccc(F)c1. The van der Waals surface area contributed by atoms with Crippen molar-refractivity contribution in [3.63, 3.8) is 0 Å². The number of nitrogens with one attached hydrogen (secondary N) is 1. The van der Waals surface area contributed by atoms with Gasteiger partial charge in [-0.2, -0.15) is 0 Å². The first-order valence-corrected chi connectivity index (χ1v) is 8.74. The molecule has 0 amide bonds. The summed E-state index contributed by atoms with van der Waals surface area (Å²) in [6, 6.07) is 9.10. The van der Waals surface area contributed by atoms with E-state index in [0.29, 0.717) is 28.5 Å². The molecule has 1 atom stereocenters. The van der Waals surface area contributed by atoms with E-state index in [1.807, 2.05) is 0 Å². The van der Waals surface area contributed by atoms with Crippen LogP contribution in [0.25, 0.3) is 11.0 Å². The third kappa shape index (κ3) is 3.03. The van der Waals surface area contributed by atoms with Gasteiger partial charge in [0.15, 0.2) is 11.5 Å². The van der Waals surface area contributed by atoms with Crippen LogP contribution in [0.3, 0.4) is 0 Å². The molecule has 0 bridgehead atoms. The van der Waals surface area contributed by atoms with Crippen molar-refractivity contribution in [1.29, 1.82) is 0 Å². The molecule has 1 saturated heterocycles. The number of hydrogen-bond acceptors (Lipinski definition) is 3. The predicted molar refractivity (Wildman–Crippen MR) is 95.6 cm³/mol. The van der Waals surface area contributed by atoms with E-state index in [1.165, 1.54) is 31.2 Å². The third-order valence-electron chi connectivity index (χ3n) is 4.98. The lowest BCUT2D eigenvalue weighted by atomic mass is 9.94. The Morgan fingerprint density at radius 2 is 2.08 bits per heavy atom. The zero-order valence-corrected chi connectivity index (χ0v) is 14.4. The summed E-state index contributed by atoms with van der Waals surface area (Å²) in [5.41, 5.74) is 2.68. The normalized spacial score (nSPS) is 17.1. The summed E-state index contributed by atoms with van der Waals surface area (Å²) in [5.74, 6) is -0.536. The van der Waals surface area contributed by atoms with Gasteiger partial charge in [-0.15, -0.1) is 0 Å². The third-order valence-corrected chi connectivity index (χ3v) is 4.98. The highest BCUT2D eigenvalue weighted by atomic mass is 19.1. The molecular weight excluding hydrogens is 336 g/mol. The second kappa shape index (κ2) is 6.65. The largest absolute Gasteiger partial charge is 0.452 e. The van der Waals surface area contributed by atoms with Crippen LogP contribution < -0.4 is 5.32 Å². The maximum Gasteiger partial charge on any atom is 0.195 e. The van der Waals surface area contributed by atoms with Crippen LogP contribution in [-0.2, 0) is 6.42 Å². The van der Waals surface area contributed by atoms with Gasteiger partial charge < -0.3 is 9.73 Å². The van der Waals surface area contributed by atoms with Crippen molar-refractivity contribution in [3.05, 3.63) is 70.5 Å². The highest BCUT2D eigenvalue weighted by molar-refractivity contribution is 6.00. The van der Waals surface area contributed by atoms with Crippen LogP contribution >= 0.6 is 0 Å². The van der Waals surface area contributed by atoms with Crippen LogP contribution in [0.2, 0.25) is 0 Å². The second-order valence-electron chi connectivity index (χ2n) is 6.83. The first kappa shape index (κ1) is 16.9. The Bertz CT molecular complexity index is 987. The number of carbonyl (C=O) groups is 1. The molecule has 1 aliphatic heterocycles. The molecule has 1 aliphatic rings. The van der Waals surface area contributed by atoms with E-state index in [-0.39, 0.29) is 29.1 Å². The number of fused-ring (bicyclic) bond motifs is 1. The molecule has 1 N–H and O–H groups in total. The van der Waals surface area contributed by atoms with Gasteiger partial charge in [-0.3, -0.25) is 4.79 Å². The molecule has 0 aliphatic carbocycles. The molecule has 3 nitrogen and oxygen atoms in total. The molecule has 0 saturated carbocycles. The summed E-state index contributed by atoms with van der Waals surface area (Å²) in [6.45, 7) is 3.06. The average molecular weight is 355 g/mol. The highest BCUT2D eigenvalue weighted by Gasteiger charge is 2.26. The summed E-state index contributed by atoms with van der Waals surface area (Å²) in [4.78, 5) is 12.1. The second-order valence-corrected chi connectivity index (χ2v) is 6.83. The monoisotopic (exact) mass is 355 g/mol. The lowest BCUT2D eigenvalue weighted by molar-refractivity contribution is 0.0988. The summed E-state index contributed by atoms with van der Waals surface area (Å²) < 4.78 is 33.8. The van der Waals surface area contributed by atoms with E-state index in [0.717, 1.165) is 25.1 Å². The van der Waals surface area contributed by atoms with Gasteiger partial charge in [0.2, 0.25) is 0 Å². The molecule has 1 aromatic heterocycles. The molecule has 1 fully saturated rings. The fourth-order valence-corrected chi connectivity index (χ4v) is 3.77. The molecule has 2 aromatic carbocycles. The Hall–Kier alpha value is -2.53. The number of ketones is 1. The van der Waals surface area contributed by atoms with Crippen LogP contribution in [0.4, 0.5) is 8.78 Å². The summed E-state index contributed by atoms with van der Waals surface area (Å²) in [6.07, 6.45) is 1.21. The topological polar surface area (TPSA) is 42.2 Å². The fraction of sp³-hybridized carbons (Fsp3) is 0.286. The molecule has 1 unspecified atom stereocenters. The lowest BCUT2D eigenvalue weighted by Gasteiger charge is -2.09. The average Bonchev–Trinajstić information content (AvgIpc) is 3.23. The Kier molecular flexibility index (Phi) is 4.32. The van der Waals surface area contributed by atoms with Gasteiger partial charge >= 0.3 is 0 Å². The molecule has 0 radical (unpaired) electrons. The van der Waals surface area contributed by atoms with Crippen LogP contribution in [0.15, 0.2) is 40.8 Å². The fourth-order valence-electron chi connectivity index (χ4n) is 3.77. The summed E-state index contributed by atoms with van der Waals surface area (Å²) in [7, 11) is 0. The minimum absolute atomic E-state index is 0.154. The van der Waals surface area contributed by atoms with Gasteiger partial charge in [0.1, 0.15) is 17.2 Å². The van der Waals surface area contributed by atoms with Gasteiger partial charge in [0, 0.05) is 42.3 Å². The van der Waals surface area contributed by atoms with Crippen molar-refractivity contribution >= 4 is 16.8 Å². The number of hydrogen-bond donors (Lipinski definition) is 1. The van der Waals surface area contributed by atoms with Crippen LogP contribution in [0.5, 0.6) is 0 Å². The minimum Gasteiger partial charge on any atom is -0.452 e. The van der Waals surface area contributed by atoms with E-state index in [9.17, 15) is 13.6 Å². The molecular formula is C21H19F2NO2. The zero-order chi connectivity index (χ0) is 18.3. The molecule has 5 heteroatoms. The molecule has 0 spiro atoms. The smallest absolute Gasteiger partial charge is 0.195 e. The van der Waals surface area contributed by atoms with Gasteiger partial charge in [-0.25, -0.2) is 8.78 Å². The van der Waals surface area contributed by atoms with E-state index in [4.69, 9.17) is 4.42 Å². The molecule has 2 heterocycles. The van der Waals surface area contributed by atoms with Gasteiger partial charge in [0.25, 0.3) is 0 Å². The van der Waals surface area contributed by atoms with Gasteiger partial charge in [-0.05, 0) is 42.8 Å². The number of halogens is 2. The van der Waals surface area contributed by atoms with E-state index in [2.05, 4.69) is 5.32 Å². The van der Waals surface area contributed by atoms with Gasteiger partial charge in [0.05, 0.1) is 0 Å². The molecule has 4 rings (SSSR count). The van der Waals surface area contributed by atoms with Crippen molar-refractivity contribution in [2.24, 2.45) is 0 Å². The maximum atomic E-state index is 14.3. The molecule has 134 valence electrons. The zero-order valence-electron chi connectivity index (χ0n) is 14.4. The Morgan fingerprint density at radius 3 is 2.77 bits per heavy atom. The van der Waals surface area contributed by atoms with Crippen molar-refractivity contribution in [2.45, 2.75) is 25.7 Å². The number of rotatable bonds is 4. The predicted octanol–water partition coefficient (Wildman–Crippen LogP) is 4.58. The summed E-state index contributed by atoms with van der Waals surface area (Å²) in [5, 5.41) is 3.87. The Labute approximate surface area is 150 Å². The highest BCUT2D eigenvalue weighted by Crippen LogP contribution is 2.36. The number of furan rings is 1. The lowest BCUT2D eigenvalue weighted by Crippen LogP contribution is -2.08. The molecule has 3 aromatic rings. The van der Waals surface area contributed by atoms with Crippen molar-refractivity contribution in [2.75, 3.05) is 13.1 Å². The number of Topliss-reactive ketones (excluding diaryl/α,β-unsaturated/α-hetero) is 1. The number of carbonyl (C=O) groups excluding carboxylic acids is 1. The van der Waals surface area contributed by atoms with Crippen LogP contribution in [0.1, 0.15) is 46.5 Å². The first-order valence-electron chi connectivity index (χ1n) is 8.74. The molecule has 26 heavy (non-hydrogen) atoms. The standard InChI is InChI=1S/C21H19F2NO2/c1-12(25)20-18(8-13-3-2-4-15(22)7-13)19-10-16(23)9-17(21(19)26-20)14-5-6-24-11-14/h2-4,7,9-10,14,24H,5-6,8,11H2,1H3. The van der Waals surface area contributed by atoms with Crippen molar-refractivity contribution in [1.82, 2.24) is 5.32 Å². The maximum absolute atomic E-state index is 14.3. The van der Waals surface area contributed by atoms with Gasteiger partial charge in [-0.1, -0.05) is 12.1 Å². The van der Waals surface area contributed by atoms with Crippen LogP contribution in [0, 0.1) is 11.6 Å². The minimum atomic E-state index is -0.351. The summed E-state index contributed by atoms with van der Waals surface area (Å²) >= 11 is 0. The van der Waals surface area contributed by atoms with Crippen molar-refractivity contribution < 1.29 is 18.0 Å².